The first-order valence-electron chi connectivity index (χ1n) is 9.39. The zero-order valence-corrected chi connectivity index (χ0v) is 15.7. The van der Waals surface area contributed by atoms with Crippen LogP contribution in [0.3, 0.4) is 0 Å². The van der Waals surface area contributed by atoms with Gasteiger partial charge in [0.15, 0.2) is 11.5 Å². The number of hydrogen-bond acceptors (Lipinski definition) is 7. The van der Waals surface area contributed by atoms with Crippen molar-refractivity contribution in [1.29, 1.82) is 0 Å². The number of para-hydroxylation sites is 2. The third-order valence-electron chi connectivity index (χ3n) is 4.85. The number of nitro benzene ring substituents is 1. The van der Waals surface area contributed by atoms with E-state index in [-0.39, 0.29) is 23.9 Å². The van der Waals surface area contributed by atoms with Crippen LogP contribution in [0.2, 0.25) is 0 Å². The van der Waals surface area contributed by atoms with Gasteiger partial charge in [0.25, 0.3) is 11.6 Å². The van der Waals surface area contributed by atoms with E-state index < -0.39 is 10.8 Å². The monoisotopic (exact) mass is 399 g/mol. The second-order valence-electron chi connectivity index (χ2n) is 6.77. The molecule has 1 saturated heterocycles. The van der Waals surface area contributed by atoms with E-state index in [1.807, 2.05) is 23.1 Å². The minimum absolute atomic E-state index is 0.127. The largest absolute Gasteiger partial charge is 0.486 e. The lowest BCUT2D eigenvalue weighted by molar-refractivity contribution is -0.384. The molecular weight excluding hydrogens is 378 g/mol. The maximum atomic E-state index is 12.9. The molecule has 2 aromatic rings. The molecule has 0 bridgehead atoms. The molecule has 0 saturated carbocycles. The summed E-state index contributed by atoms with van der Waals surface area (Å²) in [5.41, 5.74) is 0.791. The number of nitrogens with one attached hydrogen (secondary N) is 1. The molecule has 1 atom stereocenters. The van der Waals surface area contributed by atoms with Crippen LogP contribution in [0.15, 0.2) is 42.5 Å². The molecule has 0 radical (unpaired) electrons. The summed E-state index contributed by atoms with van der Waals surface area (Å²) in [6.45, 7) is 2.86. The van der Waals surface area contributed by atoms with Gasteiger partial charge < -0.3 is 24.4 Å². The van der Waals surface area contributed by atoms with Gasteiger partial charge in [-0.1, -0.05) is 12.1 Å². The zero-order valence-electron chi connectivity index (χ0n) is 15.7. The summed E-state index contributed by atoms with van der Waals surface area (Å²) in [6.07, 6.45) is -0.348. The van der Waals surface area contributed by atoms with E-state index in [2.05, 4.69) is 5.32 Å². The molecule has 2 aliphatic rings. The molecular formula is C20H21N3O6. The number of morpholine rings is 1. The van der Waals surface area contributed by atoms with Crippen LogP contribution in [0, 0.1) is 10.1 Å². The molecule has 9 nitrogen and oxygen atoms in total. The van der Waals surface area contributed by atoms with Crippen molar-refractivity contribution in [3.05, 3.63) is 58.1 Å². The highest BCUT2D eigenvalue weighted by Gasteiger charge is 2.25. The number of benzene rings is 2. The molecule has 9 heteroatoms. The topological polar surface area (TPSA) is 103 Å². The van der Waals surface area contributed by atoms with Crippen LogP contribution in [-0.4, -0.2) is 56.4 Å². The van der Waals surface area contributed by atoms with Crippen LogP contribution in [0.1, 0.15) is 10.4 Å². The van der Waals surface area contributed by atoms with Crippen molar-refractivity contribution in [3.63, 3.8) is 0 Å². The van der Waals surface area contributed by atoms with Crippen molar-refractivity contribution in [2.24, 2.45) is 0 Å². The third kappa shape index (κ3) is 4.24. The summed E-state index contributed by atoms with van der Waals surface area (Å²) >= 11 is 0. The van der Waals surface area contributed by atoms with Crippen LogP contribution < -0.4 is 19.7 Å². The molecule has 4 rings (SSSR count). The van der Waals surface area contributed by atoms with Crippen molar-refractivity contribution < 1.29 is 23.9 Å². The molecule has 2 aliphatic heterocycles. The first-order valence-corrected chi connectivity index (χ1v) is 9.39. The highest BCUT2D eigenvalue weighted by Crippen LogP contribution is 2.31. The number of fused-ring (bicyclic) bond motifs is 1. The molecule has 0 aromatic heterocycles. The summed E-state index contributed by atoms with van der Waals surface area (Å²) in [4.78, 5) is 25.6. The SMILES string of the molecule is O=C(NC[C@@H]1COc2ccccc2O1)c1cc([N+](=O)[O-])ccc1N1CCOCC1. The number of carbonyl (C=O) groups excluding carboxylic acids is 1. The fraction of sp³-hybridized carbons (Fsp3) is 0.350. The molecule has 2 heterocycles. The van der Waals surface area contributed by atoms with E-state index in [1.165, 1.54) is 12.1 Å². The maximum absolute atomic E-state index is 12.9. The van der Waals surface area contributed by atoms with Gasteiger partial charge in [-0.25, -0.2) is 0 Å². The van der Waals surface area contributed by atoms with E-state index in [1.54, 1.807) is 12.1 Å². The van der Waals surface area contributed by atoms with Gasteiger partial charge in [0.2, 0.25) is 0 Å². The van der Waals surface area contributed by atoms with Crippen LogP contribution in [0.4, 0.5) is 11.4 Å². The summed E-state index contributed by atoms with van der Waals surface area (Å²) in [7, 11) is 0. The van der Waals surface area contributed by atoms with E-state index in [0.29, 0.717) is 50.1 Å². The molecule has 1 N–H and O–H groups in total. The number of non-ortho nitro benzene ring substituents is 1. The van der Waals surface area contributed by atoms with Crippen molar-refractivity contribution in [2.75, 3.05) is 44.4 Å². The van der Waals surface area contributed by atoms with Crippen molar-refractivity contribution in [2.45, 2.75) is 6.10 Å². The first kappa shape index (κ1) is 19.0. The number of nitro groups is 1. The van der Waals surface area contributed by atoms with Gasteiger partial charge in [-0.2, -0.15) is 0 Å². The van der Waals surface area contributed by atoms with Gasteiger partial charge in [0.1, 0.15) is 12.7 Å². The lowest BCUT2D eigenvalue weighted by atomic mass is 10.1. The number of anilines is 1. The maximum Gasteiger partial charge on any atom is 0.270 e. The Morgan fingerprint density at radius 3 is 2.69 bits per heavy atom. The third-order valence-corrected chi connectivity index (χ3v) is 4.85. The van der Waals surface area contributed by atoms with Gasteiger partial charge in [-0.05, 0) is 18.2 Å². The number of rotatable bonds is 5. The van der Waals surface area contributed by atoms with Gasteiger partial charge >= 0.3 is 0 Å². The quantitative estimate of drug-likeness (QED) is 0.606. The molecule has 0 spiro atoms. The van der Waals surface area contributed by atoms with E-state index in [0.717, 1.165) is 0 Å². The van der Waals surface area contributed by atoms with Gasteiger partial charge in [0, 0.05) is 25.2 Å². The minimum Gasteiger partial charge on any atom is -0.486 e. The lowest BCUT2D eigenvalue weighted by Crippen LogP contribution is -2.42. The predicted molar refractivity (Wildman–Crippen MR) is 105 cm³/mol. The second-order valence-corrected chi connectivity index (χ2v) is 6.77. The number of amides is 1. The highest BCUT2D eigenvalue weighted by molar-refractivity contribution is 6.00. The molecule has 0 unspecified atom stereocenters. The van der Waals surface area contributed by atoms with Crippen molar-refractivity contribution >= 4 is 17.3 Å². The molecule has 29 heavy (non-hydrogen) atoms. The summed E-state index contributed by atoms with van der Waals surface area (Å²) in [5.74, 6) is 0.906. The fourth-order valence-corrected chi connectivity index (χ4v) is 3.36. The smallest absolute Gasteiger partial charge is 0.270 e. The molecule has 2 aromatic carbocycles. The first-order chi connectivity index (χ1) is 14.1. The van der Waals surface area contributed by atoms with E-state index in [9.17, 15) is 14.9 Å². The van der Waals surface area contributed by atoms with Crippen LogP contribution in [0.5, 0.6) is 11.5 Å². The molecule has 1 fully saturated rings. The van der Waals surface area contributed by atoms with Gasteiger partial charge in [0.05, 0.1) is 35.9 Å². The average molecular weight is 399 g/mol. The Kier molecular flexibility index (Phi) is 5.48. The number of nitrogens with zero attached hydrogens (tertiary/aromatic N) is 2. The van der Waals surface area contributed by atoms with Crippen LogP contribution in [0.25, 0.3) is 0 Å². The van der Waals surface area contributed by atoms with Crippen molar-refractivity contribution in [1.82, 2.24) is 5.32 Å². The summed E-state index contributed by atoms with van der Waals surface area (Å²) < 4.78 is 16.9. The minimum atomic E-state index is -0.505. The Balaban J connectivity index is 1.48. The predicted octanol–water partition coefficient (Wildman–Crippen LogP) is 2.00. The van der Waals surface area contributed by atoms with Gasteiger partial charge in [-0.3, -0.25) is 14.9 Å². The Hall–Kier alpha value is -3.33. The molecule has 152 valence electrons. The fourth-order valence-electron chi connectivity index (χ4n) is 3.36. The number of hydrogen-bond donors (Lipinski definition) is 1. The Morgan fingerprint density at radius 2 is 1.93 bits per heavy atom. The van der Waals surface area contributed by atoms with Crippen molar-refractivity contribution in [3.8, 4) is 11.5 Å². The van der Waals surface area contributed by atoms with Crippen LogP contribution >= 0.6 is 0 Å². The van der Waals surface area contributed by atoms with E-state index in [4.69, 9.17) is 14.2 Å². The number of carbonyl (C=O) groups is 1. The molecule has 1 amide bonds. The van der Waals surface area contributed by atoms with E-state index >= 15 is 0 Å². The Bertz CT molecular complexity index is 913. The molecule has 0 aliphatic carbocycles. The Labute approximate surface area is 167 Å². The lowest BCUT2D eigenvalue weighted by Gasteiger charge is -2.30. The highest BCUT2D eigenvalue weighted by atomic mass is 16.6. The average Bonchev–Trinajstić information content (AvgIpc) is 2.77. The normalized spacial score (nSPS) is 18.2. The van der Waals surface area contributed by atoms with Gasteiger partial charge in [-0.15, -0.1) is 0 Å². The number of ether oxygens (including phenoxy) is 3. The summed E-state index contributed by atoms with van der Waals surface area (Å²) in [6, 6.07) is 11.7. The standard InChI is InChI=1S/C20H21N3O6/c24-20(21-12-15-13-28-18-3-1-2-4-19(18)29-15)16-11-14(23(25)26)5-6-17(16)22-7-9-27-10-8-22/h1-6,11,15H,7-10,12-13H2,(H,21,24)/t15-/m1/s1. The summed E-state index contributed by atoms with van der Waals surface area (Å²) in [5, 5.41) is 14.0. The second kappa shape index (κ2) is 8.36. The van der Waals surface area contributed by atoms with Crippen LogP contribution in [-0.2, 0) is 4.74 Å². The zero-order chi connectivity index (χ0) is 20.2. The Morgan fingerprint density at radius 1 is 1.17 bits per heavy atom.